The average molecular weight is 365 g/mol. The van der Waals surface area contributed by atoms with Crippen LogP contribution in [-0.2, 0) is 6.54 Å². The Kier molecular flexibility index (Phi) is 4.20. The summed E-state index contributed by atoms with van der Waals surface area (Å²) in [6.45, 7) is 3.92. The van der Waals surface area contributed by atoms with E-state index in [9.17, 15) is 4.79 Å². The summed E-state index contributed by atoms with van der Waals surface area (Å²) in [7, 11) is 0. The van der Waals surface area contributed by atoms with Crippen LogP contribution in [0.15, 0.2) is 42.6 Å². The van der Waals surface area contributed by atoms with Gasteiger partial charge in [-0.05, 0) is 43.7 Å². The van der Waals surface area contributed by atoms with Crippen molar-refractivity contribution in [2.75, 3.05) is 26.2 Å². The molecule has 1 amide bonds. The third kappa shape index (κ3) is 3.14. The van der Waals surface area contributed by atoms with Gasteiger partial charge >= 0.3 is 0 Å². The van der Waals surface area contributed by atoms with Crippen molar-refractivity contribution in [2.45, 2.75) is 31.5 Å². The van der Waals surface area contributed by atoms with Crippen LogP contribution >= 0.6 is 0 Å². The fourth-order valence-corrected chi connectivity index (χ4v) is 4.33. The number of likely N-dealkylation sites (tertiary alicyclic amines) is 1. The molecule has 140 valence electrons. The van der Waals surface area contributed by atoms with E-state index in [1.54, 1.807) is 6.20 Å². The topological polar surface area (TPSA) is 54.9 Å². The number of carbonyl (C=O) groups excluding carboxylic acids is 1. The lowest BCUT2D eigenvalue weighted by atomic mass is 10.0. The molecule has 2 aromatic rings. The van der Waals surface area contributed by atoms with E-state index in [1.165, 1.54) is 0 Å². The van der Waals surface area contributed by atoms with Gasteiger partial charge in [-0.1, -0.05) is 12.1 Å². The normalized spacial score (nSPS) is 24.7. The second kappa shape index (κ2) is 6.85. The van der Waals surface area contributed by atoms with Crippen molar-refractivity contribution in [3.8, 4) is 11.5 Å². The number of rotatable bonds is 3. The van der Waals surface area contributed by atoms with Gasteiger partial charge in [0.05, 0.1) is 17.8 Å². The van der Waals surface area contributed by atoms with E-state index in [2.05, 4.69) is 9.88 Å². The van der Waals surface area contributed by atoms with Gasteiger partial charge in [-0.3, -0.25) is 14.7 Å². The highest BCUT2D eigenvalue weighted by Crippen LogP contribution is 2.32. The van der Waals surface area contributed by atoms with E-state index in [0.29, 0.717) is 13.2 Å². The van der Waals surface area contributed by atoms with Gasteiger partial charge in [-0.15, -0.1) is 0 Å². The van der Waals surface area contributed by atoms with E-state index in [-0.39, 0.29) is 18.1 Å². The molecule has 0 bridgehead atoms. The lowest BCUT2D eigenvalue weighted by Crippen LogP contribution is -2.51. The fraction of sp³-hybridized carbons (Fsp3) is 0.429. The van der Waals surface area contributed by atoms with E-state index in [1.807, 2.05) is 41.3 Å². The van der Waals surface area contributed by atoms with E-state index < -0.39 is 0 Å². The molecule has 1 aromatic carbocycles. The van der Waals surface area contributed by atoms with Crippen molar-refractivity contribution in [2.24, 2.45) is 0 Å². The van der Waals surface area contributed by atoms with Crippen molar-refractivity contribution in [1.29, 1.82) is 0 Å². The van der Waals surface area contributed by atoms with Crippen LogP contribution in [0.1, 0.15) is 28.9 Å². The molecule has 6 heteroatoms. The van der Waals surface area contributed by atoms with Crippen LogP contribution in [0.5, 0.6) is 11.5 Å². The van der Waals surface area contributed by atoms with E-state index in [4.69, 9.17) is 9.47 Å². The fourth-order valence-electron chi connectivity index (χ4n) is 4.33. The molecule has 0 radical (unpaired) electrons. The molecule has 3 aliphatic heterocycles. The van der Waals surface area contributed by atoms with E-state index >= 15 is 0 Å². The molecule has 0 N–H and O–H groups in total. The predicted molar refractivity (Wildman–Crippen MR) is 99.9 cm³/mol. The van der Waals surface area contributed by atoms with Crippen LogP contribution in [0.4, 0.5) is 0 Å². The first-order chi connectivity index (χ1) is 13.3. The van der Waals surface area contributed by atoms with Crippen LogP contribution < -0.4 is 9.47 Å². The largest absolute Gasteiger partial charge is 0.486 e. The van der Waals surface area contributed by atoms with Crippen molar-refractivity contribution in [1.82, 2.24) is 14.8 Å². The summed E-state index contributed by atoms with van der Waals surface area (Å²) in [5.41, 5.74) is 1.66. The quantitative estimate of drug-likeness (QED) is 0.836. The molecule has 2 atom stereocenters. The number of para-hydroxylation sites is 2. The number of benzene rings is 1. The zero-order chi connectivity index (χ0) is 18.2. The number of hydrogen-bond acceptors (Lipinski definition) is 5. The van der Waals surface area contributed by atoms with Crippen molar-refractivity contribution in [3.05, 3.63) is 53.9 Å². The Morgan fingerprint density at radius 1 is 1.15 bits per heavy atom. The van der Waals surface area contributed by atoms with Gasteiger partial charge in [0.2, 0.25) is 0 Å². The summed E-state index contributed by atoms with van der Waals surface area (Å²) >= 11 is 0. The summed E-state index contributed by atoms with van der Waals surface area (Å²) in [5, 5.41) is 0. The highest BCUT2D eigenvalue weighted by Gasteiger charge is 2.36. The molecule has 1 aromatic heterocycles. The van der Waals surface area contributed by atoms with E-state index in [0.717, 1.165) is 55.2 Å². The first kappa shape index (κ1) is 16.6. The number of fused-ring (bicyclic) bond motifs is 2. The molecule has 0 spiro atoms. The lowest BCUT2D eigenvalue weighted by Gasteiger charge is -2.39. The van der Waals surface area contributed by atoms with Crippen LogP contribution in [0, 0.1) is 0 Å². The minimum atomic E-state index is 0.0202. The van der Waals surface area contributed by atoms with Gasteiger partial charge in [0, 0.05) is 25.3 Å². The number of ether oxygens (including phenoxy) is 2. The molecule has 3 aliphatic rings. The van der Waals surface area contributed by atoms with Crippen LogP contribution in [0.3, 0.4) is 0 Å². The molecule has 6 nitrogen and oxygen atoms in total. The highest BCUT2D eigenvalue weighted by atomic mass is 16.6. The Hall–Kier alpha value is -2.60. The standard InChI is InChI=1S/C21H23N3O3/c25-21-17-6-3-9-22-18(17)13-24(21)15-5-4-10-23(11-15)12-16-14-26-19-7-1-2-8-20(19)27-16/h1-3,6-9,15-16H,4-5,10-14H2. The van der Waals surface area contributed by atoms with Gasteiger partial charge < -0.3 is 14.4 Å². The third-order valence-corrected chi connectivity index (χ3v) is 5.65. The van der Waals surface area contributed by atoms with Gasteiger partial charge in [-0.2, -0.15) is 0 Å². The molecular formula is C21H23N3O3. The molecule has 2 unspecified atom stereocenters. The first-order valence-electron chi connectivity index (χ1n) is 9.63. The Bertz CT molecular complexity index is 856. The molecule has 0 aliphatic carbocycles. The summed E-state index contributed by atoms with van der Waals surface area (Å²) in [4.78, 5) is 21.5. The second-order valence-electron chi connectivity index (χ2n) is 7.48. The molecule has 4 heterocycles. The molecular weight excluding hydrogens is 342 g/mol. The zero-order valence-electron chi connectivity index (χ0n) is 15.2. The molecule has 5 rings (SSSR count). The Morgan fingerprint density at radius 3 is 2.93 bits per heavy atom. The highest BCUT2D eigenvalue weighted by molar-refractivity contribution is 5.97. The van der Waals surface area contributed by atoms with Gasteiger partial charge in [0.25, 0.3) is 5.91 Å². The smallest absolute Gasteiger partial charge is 0.256 e. The van der Waals surface area contributed by atoms with Crippen molar-refractivity contribution in [3.63, 3.8) is 0 Å². The second-order valence-corrected chi connectivity index (χ2v) is 7.48. The molecule has 1 saturated heterocycles. The maximum atomic E-state index is 12.8. The van der Waals surface area contributed by atoms with Gasteiger partial charge in [0.1, 0.15) is 12.7 Å². The number of hydrogen-bond donors (Lipinski definition) is 0. The first-order valence-corrected chi connectivity index (χ1v) is 9.63. The molecule has 27 heavy (non-hydrogen) atoms. The minimum absolute atomic E-state index is 0.0202. The summed E-state index contributed by atoms with van der Waals surface area (Å²) in [6, 6.07) is 11.8. The third-order valence-electron chi connectivity index (χ3n) is 5.65. The maximum absolute atomic E-state index is 12.8. The monoisotopic (exact) mass is 365 g/mol. The summed E-state index contributed by atoms with van der Waals surface area (Å²) < 4.78 is 11.9. The van der Waals surface area contributed by atoms with Crippen molar-refractivity contribution < 1.29 is 14.3 Å². The van der Waals surface area contributed by atoms with Gasteiger partial charge in [-0.25, -0.2) is 0 Å². The SMILES string of the molecule is O=C1c2cccnc2CN1C1CCCN(CC2COc3ccccc3O2)C1. The lowest BCUT2D eigenvalue weighted by molar-refractivity contribution is 0.0306. The number of carbonyl (C=O) groups is 1. The minimum Gasteiger partial charge on any atom is -0.486 e. The Balaban J connectivity index is 1.23. The number of nitrogens with zero attached hydrogens (tertiary/aromatic N) is 3. The zero-order valence-corrected chi connectivity index (χ0v) is 15.2. The Morgan fingerprint density at radius 2 is 2.04 bits per heavy atom. The van der Waals surface area contributed by atoms with Crippen LogP contribution in [0.25, 0.3) is 0 Å². The average Bonchev–Trinajstić information content (AvgIpc) is 3.05. The molecule has 0 saturated carbocycles. The predicted octanol–water partition coefficient (Wildman–Crippen LogP) is 2.34. The number of aromatic nitrogens is 1. The summed E-state index contributed by atoms with van der Waals surface area (Å²) in [6.07, 6.45) is 3.91. The van der Waals surface area contributed by atoms with Gasteiger partial charge in [0.15, 0.2) is 11.5 Å². The Labute approximate surface area is 158 Å². The number of piperidine rings is 1. The van der Waals surface area contributed by atoms with Crippen LogP contribution in [-0.4, -0.2) is 59.1 Å². The number of amides is 1. The summed E-state index contributed by atoms with van der Waals surface area (Å²) in [5.74, 6) is 1.76. The van der Waals surface area contributed by atoms with Crippen molar-refractivity contribution >= 4 is 5.91 Å². The van der Waals surface area contributed by atoms with Crippen LogP contribution in [0.2, 0.25) is 0 Å². The maximum Gasteiger partial charge on any atom is 0.256 e. The molecule has 1 fully saturated rings. The number of pyridine rings is 1.